The second-order valence-electron chi connectivity index (χ2n) is 3.17. The Morgan fingerprint density at radius 2 is 2.07 bits per heavy atom. The molecule has 0 aliphatic rings. The predicted octanol–water partition coefficient (Wildman–Crippen LogP) is 3.37. The maximum absolute atomic E-state index is 12.3. The van der Waals surface area contributed by atoms with Crippen LogP contribution in [0.15, 0.2) is 18.2 Å². The molecule has 0 radical (unpaired) electrons. The summed E-state index contributed by atoms with van der Waals surface area (Å²) in [6.07, 6.45) is -2.50. The van der Waals surface area contributed by atoms with Gasteiger partial charge in [-0.15, -0.1) is 0 Å². The number of benzene rings is 1. The molecular formula is C10H11ClF2O. The van der Waals surface area contributed by atoms with Gasteiger partial charge in [-0.25, -0.2) is 8.78 Å². The van der Waals surface area contributed by atoms with Crippen LogP contribution < -0.4 is 0 Å². The minimum absolute atomic E-state index is 0.0651. The first kappa shape index (κ1) is 11.4. The summed E-state index contributed by atoms with van der Waals surface area (Å²) in [4.78, 5) is 0. The minimum Gasteiger partial charge on any atom is -0.396 e. The van der Waals surface area contributed by atoms with Crippen LogP contribution in [0.4, 0.5) is 8.78 Å². The third kappa shape index (κ3) is 2.42. The minimum atomic E-state index is -2.50. The number of rotatable bonds is 3. The third-order valence-electron chi connectivity index (χ3n) is 2.08. The normalized spacial score (nSPS) is 13.3. The zero-order valence-corrected chi connectivity index (χ0v) is 8.43. The number of aliphatic hydroxyl groups is 1. The fourth-order valence-electron chi connectivity index (χ4n) is 1.17. The van der Waals surface area contributed by atoms with E-state index < -0.39 is 6.43 Å². The molecule has 4 heteroatoms. The van der Waals surface area contributed by atoms with Gasteiger partial charge in [0.25, 0.3) is 6.43 Å². The molecule has 1 atom stereocenters. The number of aliphatic hydroxyl groups excluding tert-OH is 1. The Kier molecular flexibility index (Phi) is 3.84. The van der Waals surface area contributed by atoms with Crippen LogP contribution in [-0.4, -0.2) is 11.7 Å². The molecular weight excluding hydrogens is 210 g/mol. The smallest absolute Gasteiger partial charge is 0.263 e. The molecule has 0 spiro atoms. The largest absolute Gasteiger partial charge is 0.396 e. The van der Waals surface area contributed by atoms with Gasteiger partial charge in [-0.1, -0.05) is 24.6 Å². The number of hydrogen-bond acceptors (Lipinski definition) is 1. The highest BCUT2D eigenvalue weighted by atomic mass is 35.5. The van der Waals surface area contributed by atoms with E-state index in [1.165, 1.54) is 18.2 Å². The SMILES string of the molecule is CC(CO)c1cc(C(F)F)ccc1Cl. The van der Waals surface area contributed by atoms with Gasteiger partial charge in [-0.3, -0.25) is 0 Å². The van der Waals surface area contributed by atoms with E-state index in [1.54, 1.807) is 6.92 Å². The highest BCUT2D eigenvalue weighted by Gasteiger charge is 2.13. The molecule has 0 aliphatic carbocycles. The topological polar surface area (TPSA) is 20.2 Å². The van der Waals surface area contributed by atoms with Gasteiger partial charge in [0.1, 0.15) is 0 Å². The second kappa shape index (κ2) is 4.71. The Bertz CT molecular complexity index is 315. The number of hydrogen-bond donors (Lipinski definition) is 1. The van der Waals surface area contributed by atoms with Gasteiger partial charge in [0, 0.05) is 23.1 Å². The summed E-state index contributed by atoms with van der Waals surface area (Å²) in [7, 11) is 0. The van der Waals surface area contributed by atoms with E-state index in [4.69, 9.17) is 16.7 Å². The van der Waals surface area contributed by atoms with Crippen molar-refractivity contribution in [1.82, 2.24) is 0 Å². The maximum atomic E-state index is 12.3. The van der Waals surface area contributed by atoms with Crippen molar-refractivity contribution in [2.24, 2.45) is 0 Å². The maximum Gasteiger partial charge on any atom is 0.263 e. The molecule has 1 aromatic carbocycles. The molecule has 0 aliphatic heterocycles. The molecule has 0 heterocycles. The van der Waals surface area contributed by atoms with Gasteiger partial charge in [0.15, 0.2) is 0 Å². The molecule has 1 aromatic rings. The van der Waals surface area contributed by atoms with Crippen LogP contribution in [0.25, 0.3) is 0 Å². The Morgan fingerprint density at radius 3 is 2.57 bits per heavy atom. The summed E-state index contributed by atoms with van der Waals surface area (Å²) in [6.45, 7) is 1.63. The summed E-state index contributed by atoms with van der Waals surface area (Å²) >= 11 is 5.82. The van der Waals surface area contributed by atoms with Crippen LogP contribution in [0.5, 0.6) is 0 Å². The van der Waals surface area contributed by atoms with Crippen molar-refractivity contribution < 1.29 is 13.9 Å². The van der Waals surface area contributed by atoms with Gasteiger partial charge >= 0.3 is 0 Å². The van der Waals surface area contributed by atoms with Gasteiger partial charge < -0.3 is 5.11 Å². The zero-order chi connectivity index (χ0) is 10.7. The number of alkyl halides is 2. The molecule has 0 saturated heterocycles. The first-order valence-corrected chi connectivity index (χ1v) is 4.62. The third-order valence-corrected chi connectivity index (χ3v) is 2.42. The van der Waals surface area contributed by atoms with Crippen molar-refractivity contribution in [1.29, 1.82) is 0 Å². The Labute approximate surface area is 86.3 Å². The van der Waals surface area contributed by atoms with E-state index in [2.05, 4.69) is 0 Å². The fraction of sp³-hybridized carbons (Fsp3) is 0.400. The average molecular weight is 221 g/mol. The van der Waals surface area contributed by atoms with Crippen molar-refractivity contribution in [3.05, 3.63) is 34.3 Å². The summed E-state index contributed by atoms with van der Waals surface area (Å²) in [5.74, 6) is -0.221. The van der Waals surface area contributed by atoms with Crippen LogP contribution >= 0.6 is 11.6 Å². The van der Waals surface area contributed by atoms with Gasteiger partial charge in [0.2, 0.25) is 0 Å². The van der Waals surface area contributed by atoms with Gasteiger partial charge in [0.05, 0.1) is 0 Å². The Balaban J connectivity index is 3.08. The first-order chi connectivity index (χ1) is 6.56. The van der Waals surface area contributed by atoms with E-state index in [0.717, 1.165) is 0 Å². The molecule has 78 valence electrons. The second-order valence-corrected chi connectivity index (χ2v) is 3.57. The van der Waals surface area contributed by atoms with E-state index in [-0.39, 0.29) is 18.1 Å². The zero-order valence-electron chi connectivity index (χ0n) is 7.67. The molecule has 0 fully saturated rings. The molecule has 1 unspecified atom stereocenters. The van der Waals surface area contributed by atoms with Crippen molar-refractivity contribution in [2.45, 2.75) is 19.3 Å². The van der Waals surface area contributed by atoms with E-state index >= 15 is 0 Å². The lowest BCUT2D eigenvalue weighted by atomic mass is 10.00. The van der Waals surface area contributed by atoms with Crippen LogP contribution in [0.3, 0.4) is 0 Å². The molecule has 0 aromatic heterocycles. The van der Waals surface area contributed by atoms with Crippen LogP contribution in [0, 0.1) is 0 Å². The van der Waals surface area contributed by atoms with E-state index in [0.29, 0.717) is 10.6 Å². The van der Waals surface area contributed by atoms with Crippen molar-refractivity contribution in [2.75, 3.05) is 6.61 Å². The molecule has 0 saturated carbocycles. The molecule has 1 rings (SSSR count). The Morgan fingerprint density at radius 1 is 1.43 bits per heavy atom. The van der Waals surface area contributed by atoms with Crippen LogP contribution in [0.2, 0.25) is 5.02 Å². The molecule has 0 bridgehead atoms. The predicted molar refractivity (Wildman–Crippen MR) is 51.9 cm³/mol. The Hall–Kier alpha value is -0.670. The highest BCUT2D eigenvalue weighted by Crippen LogP contribution is 2.29. The lowest BCUT2D eigenvalue weighted by molar-refractivity contribution is 0.151. The quantitative estimate of drug-likeness (QED) is 0.828. The summed E-state index contributed by atoms with van der Waals surface area (Å²) in [5, 5.41) is 9.31. The lowest BCUT2D eigenvalue weighted by Gasteiger charge is -2.12. The van der Waals surface area contributed by atoms with Crippen molar-refractivity contribution in [3.8, 4) is 0 Å². The van der Waals surface area contributed by atoms with E-state index in [9.17, 15) is 8.78 Å². The molecule has 0 amide bonds. The lowest BCUT2D eigenvalue weighted by Crippen LogP contribution is -2.01. The average Bonchev–Trinajstić information content (AvgIpc) is 2.17. The van der Waals surface area contributed by atoms with E-state index in [1.807, 2.05) is 0 Å². The van der Waals surface area contributed by atoms with Gasteiger partial charge in [-0.2, -0.15) is 0 Å². The molecule has 1 nitrogen and oxygen atoms in total. The molecule has 1 N–H and O–H groups in total. The summed E-state index contributed by atoms with van der Waals surface area (Å²) < 4.78 is 24.7. The van der Waals surface area contributed by atoms with Crippen molar-refractivity contribution >= 4 is 11.6 Å². The first-order valence-electron chi connectivity index (χ1n) is 4.24. The summed E-state index contributed by atoms with van der Waals surface area (Å²) in [5.41, 5.74) is 0.497. The van der Waals surface area contributed by atoms with Crippen LogP contribution in [0.1, 0.15) is 30.4 Å². The standard InChI is InChI=1S/C10H11ClF2O/c1-6(5-14)8-4-7(10(12)13)2-3-9(8)11/h2-4,6,10,14H,5H2,1H3. The highest BCUT2D eigenvalue weighted by molar-refractivity contribution is 6.31. The van der Waals surface area contributed by atoms with Gasteiger partial charge in [-0.05, 0) is 17.7 Å². The number of halogens is 3. The summed E-state index contributed by atoms with van der Waals surface area (Å²) in [6, 6.07) is 4.07. The monoisotopic (exact) mass is 220 g/mol. The molecule has 14 heavy (non-hydrogen) atoms. The fourth-order valence-corrected chi connectivity index (χ4v) is 1.48. The van der Waals surface area contributed by atoms with Crippen molar-refractivity contribution in [3.63, 3.8) is 0 Å². The van der Waals surface area contributed by atoms with Crippen LogP contribution in [-0.2, 0) is 0 Å².